The number of para-hydroxylation sites is 1. The summed E-state index contributed by atoms with van der Waals surface area (Å²) < 4.78 is 29.1. The van der Waals surface area contributed by atoms with Crippen molar-refractivity contribution in [2.75, 3.05) is 17.4 Å². The quantitative estimate of drug-likeness (QED) is 0.315. The van der Waals surface area contributed by atoms with Gasteiger partial charge in [0.25, 0.3) is 10.0 Å². The van der Waals surface area contributed by atoms with E-state index in [1.807, 2.05) is 26.0 Å². The second-order valence-corrected chi connectivity index (χ2v) is 11.8. The van der Waals surface area contributed by atoms with Crippen molar-refractivity contribution in [1.29, 1.82) is 0 Å². The van der Waals surface area contributed by atoms with E-state index in [9.17, 15) is 18.0 Å². The molecule has 3 rings (SSSR count). The Morgan fingerprint density at radius 1 is 0.923 bits per heavy atom. The van der Waals surface area contributed by atoms with Crippen LogP contribution in [0.25, 0.3) is 0 Å². The molecule has 3 aromatic carbocycles. The Labute approximate surface area is 240 Å². The Kier molecular flexibility index (Phi) is 10.4. The molecule has 0 spiro atoms. The average molecular weight is 591 g/mol. The predicted octanol–water partition coefficient (Wildman–Crippen LogP) is 5.61. The Morgan fingerprint density at radius 2 is 1.54 bits per heavy atom. The van der Waals surface area contributed by atoms with E-state index >= 15 is 0 Å². The normalized spacial score (nSPS) is 12.1. The summed E-state index contributed by atoms with van der Waals surface area (Å²) >= 11 is 12.8. The molecular weight excluding hydrogens is 557 g/mol. The average Bonchev–Trinajstić information content (AvgIpc) is 2.91. The van der Waals surface area contributed by atoms with Gasteiger partial charge in [-0.15, -0.1) is 0 Å². The molecule has 0 radical (unpaired) electrons. The molecule has 0 aromatic heterocycles. The van der Waals surface area contributed by atoms with E-state index in [-0.39, 0.29) is 17.3 Å². The summed E-state index contributed by atoms with van der Waals surface area (Å²) in [6, 6.07) is 17.6. The molecule has 3 aromatic rings. The molecule has 0 saturated carbocycles. The first kappa shape index (κ1) is 30.5. The van der Waals surface area contributed by atoms with Crippen molar-refractivity contribution in [2.45, 2.75) is 51.6 Å². The van der Waals surface area contributed by atoms with Crippen LogP contribution in [0, 0.1) is 6.92 Å². The molecule has 0 saturated heterocycles. The number of anilines is 1. The van der Waals surface area contributed by atoms with E-state index < -0.39 is 28.5 Å². The number of carbonyl (C=O) groups is 2. The van der Waals surface area contributed by atoms with Gasteiger partial charge in [-0.2, -0.15) is 0 Å². The molecule has 0 aliphatic heterocycles. The van der Waals surface area contributed by atoms with Gasteiger partial charge in [0.05, 0.1) is 10.6 Å². The molecule has 7 nitrogen and oxygen atoms in total. The highest BCUT2D eigenvalue weighted by atomic mass is 35.5. The molecule has 10 heteroatoms. The van der Waals surface area contributed by atoms with E-state index in [4.69, 9.17) is 23.2 Å². The fraction of sp³-hybridized carbons (Fsp3) is 0.310. The van der Waals surface area contributed by atoms with Crippen LogP contribution >= 0.6 is 23.2 Å². The Bertz CT molecular complexity index is 1410. The zero-order valence-corrected chi connectivity index (χ0v) is 24.8. The first-order chi connectivity index (χ1) is 18.5. The highest BCUT2D eigenvalue weighted by Gasteiger charge is 2.33. The minimum atomic E-state index is -4.14. The number of nitrogens with one attached hydrogen (secondary N) is 1. The number of halogens is 2. The van der Waals surface area contributed by atoms with Crippen molar-refractivity contribution in [1.82, 2.24) is 10.2 Å². The van der Waals surface area contributed by atoms with Crippen LogP contribution in [0.5, 0.6) is 0 Å². The van der Waals surface area contributed by atoms with Gasteiger partial charge < -0.3 is 10.2 Å². The van der Waals surface area contributed by atoms with Gasteiger partial charge in [-0.05, 0) is 63.1 Å². The van der Waals surface area contributed by atoms with Crippen LogP contribution in [0.2, 0.25) is 10.0 Å². The van der Waals surface area contributed by atoms with Crippen LogP contribution in [0.4, 0.5) is 5.69 Å². The maximum absolute atomic E-state index is 14.0. The molecule has 1 atom stereocenters. The molecule has 208 valence electrons. The van der Waals surface area contributed by atoms with Crippen molar-refractivity contribution in [3.63, 3.8) is 0 Å². The third-order valence-corrected chi connectivity index (χ3v) is 8.92. The number of carbonyl (C=O) groups excluding carboxylic acids is 2. The van der Waals surface area contributed by atoms with Gasteiger partial charge in [0.1, 0.15) is 12.6 Å². The monoisotopic (exact) mass is 589 g/mol. The zero-order chi connectivity index (χ0) is 28.7. The third-order valence-electron chi connectivity index (χ3n) is 6.44. The van der Waals surface area contributed by atoms with Crippen molar-refractivity contribution in [2.24, 2.45) is 0 Å². The number of benzene rings is 3. The highest BCUT2D eigenvalue weighted by Crippen LogP contribution is 2.30. The van der Waals surface area contributed by atoms with Gasteiger partial charge in [0.2, 0.25) is 11.8 Å². The van der Waals surface area contributed by atoms with Gasteiger partial charge >= 0.3 is 0 Å². The molecule has 2 amide bonds. The summed E-state index contributed by atoms with van der Waals surface area (Å²) in [5.41, 5.74) is 2.53. The van der Waals surface area contributed by atoms with E-state index in [1.54, 1.807) is 56.3 Å². The fourth-order valence-electron chi connectivity index (χ4n) is 4.16. The summed E-state index contributed by atoms with van der Waals surface area (Å²) in [5.74, 6) is -0.956. The highest BCUT2D eigenvalue weighted by molar-refractivity contribution is 7.92. The van der Waals surface area contributed by atoms with Crippen LogP contribution < -0.4 is 9.62 Å². The number of hydrogen-bond donors (Lipinski definition) is 1. The number of rotatable bonds is 11. The minimum absolute atomic E-state index is 0.0595. The lowest BCUT2D eigenvalue weighted by atomic mass is 10.1. The SMILES string of the molecule is CCNC(=O)[C@@H](C)N(Cc1c(Cl)cccc1Cl)C(=O)CN(c1ccccc1CC)S(=O)(=O)c1ccc(C)cc1. The summed E-state index contributed by atoms with van der Waals surface area (Å²) in [7, 11) is -4.14. The van der Waals surface area contributed by atoms with E-state index in [0.29, 0.717) is 34.3 Å². The summed E-state index contributed by atoms with van der Waals surface area (Å²) in [6.07, 6.45) is 0.554. The smallest absolute Gasteiger partial charge is 0.264 e. The lowest BCUT2D eigenvalue weighted by Crippen LogP contribution is -2.51. The number of aryl methyl sites for hydroxylation is 2. The molecule has 39 heavy (non-hydrogen) atoms. The second kappa shape index (κ2) is 13.3. The molecule has 0 fully saturated rings. The predicted molar refractivity (Wildman–Crippen MR) is 157 cm³/mol. The third kappa shape index (κ3) is 7.12. The van der Waals surface area contributed by atoms with Crippen LogP contribution in [-0.2, 0) is 32.6 Å². The first-order valence-electron chi connectivity index (χ1n) is 12.7. The van der Waals surface area contributed by atoms with Crippen LogP contribution in [0.1, 0.15) is 37.5 Å². The number of sulfonamides is 1. The van der Waals surface area contributed by atoms with Gasteiger partial charge in [0, 0.05) is 28.7 Å². The standard InChI is InChI=1S/C29H33Cl2N3O4S/c1-5-22-10-7-8-13-27(22)34(39(37,38)23-16-14-20(3)15-17-23)19-28(35)33(21(4)29(36)32-6-2)18-24-25(30)11-9-12-26(24)31/h7-17,21H,5-6,18-19H2,1-4H3,(H,32,36)/t21-/m1/s1. The van der Waals surface area contributed by atoms with Gasteiger partial charge in [0.15, 0.2) is 0 Å². The molecule has 0 unspecified atom stereocenters. The van der Waals surface area contributed by atoms with Crippen molar-refractivity contribution in [3.05, 3.63) is 93.5 Å². The van der Waals surface area contributed by atoms with E-state index in [0.717, 1.165) is 15.4 Å². The fourth-order valence-corrected chi connectivity index (χ4v) is 6.13. The number of nitrogens with zero attached hydrogens (tertiary/aromatic N) is 2. The molecule has 0 heterocycles. The largest absolute Gasteiger partial charge is 0.355 e. The first-order valence-corrected chi connectivity index (χ1v) is 14.9. The van der Waals surface area contributed by atoms with Crippen molar-refractivity contribution in [3.8, 4) is 0 Å². The Balaban J connectivity index is 2.10. The summed E-state index contributed by atoms with van der Waals surface area (Å²) in [4.78, 5) is 28.2. The maximum atomic E-state index is 14.0. The number of amides is 2. The number of hydrogen-bond acceptors (Lipinski definition) is 4. The lowest BCUT2D eigenvalue weighted by molar-refractivity contribution is -0.139. The Morgan fingerprint density at radius 3 is 2.13 bits per heavy atom. The van der Waals surface area contributed by atoms with Crippen LogP contribution in [0.15, 0.2) is 71.6 Å². The Hall–Kier alpha value is -3.07. The maximum Gasteiger partial charge on any atom is 0.264 e. The molecule has 1 N–H and O–H groups in total. The van der Waals surface area contributed by atoms with Crippen LogP contribution in [-0.4, -0.2) is 44.3 Å². The van der Waals surface area contributed by atoms with Crippen molar-refractivity contribution < 1.29 is 18.0 Å². The topological polar surface area (TPSA) is 86.8 Å². The number of likely N-dealkylation sites (N-methyl/N-ethyl adjacent to an activating group) is 1. The van der Waals surface area contributed by atoms with Gasteiger partial charge in [-0.1, -0.05) is 72.1 Å². The van der Waals surface area contributed by atoms with E-state index in [1.165, 1.54) is 17.0 Å². The lowest BCUT2D eigenvalue weighted by Gasteiger charge is -2.33. The van der Waals surface area contributed by atoms with Crippen molar-refractivity contribution >= 4 is 50.7 Å². The summed E-state index contributed by atoms with van der Waals surface area (Å²) in [5, 5.41) is 3.40. The minimum Gasteiger partial charge on any atom is -0.355 e. The van der Waals surface area contributed by atoms with Gasteiger partial charge in [-0.3, -0.25) is 13.9 Å². The zero-order valence-electron chi connectivity index (χ0n) is 22.4. The van der Waals surface area contributed by atoms with E-state index in [2.05, 4.69) is 5.32 Å². The summed E-state index contributed by atoms with van der Waals surface area (Å²) in [6.45, 7) is 6.91. The molecule has 0 aliphatic rings. The van der Waals surface area contributed by atoms with Crippen LogP contribution in [0.3, 0.4) is 0 Å². The van der Waals surface area contributed by atoms with Gasteiger partial charge in [-0.25, -0.2) is 8.42 Å². The molecule has 0 aliphatic carbocycles. The molecular formula is C29H33Cl2N3O4S. The molecule has 0 bridgehead atoms. The second-order valence-electron chi connectivity index (χ2n) is 9.10.